The molecule has 0 saturated heterocycles. The number of ketones is 1. The third kappa shape index (κ3) is 6.05. The quantitative estimate of drug-likeness (QED) is 0.310. The predicted molar refractivity (Wildman–Crippen MR) is 98.9 cm³/mol. The van der Waals surface area contributed by atoms with Crippen molar-refractivity contribution in [1.82, 2.24) is 10.2 Å². The molecule has 128 valence electrons. The SMILES string of the molecule is CCCCCC(=O)Nc1nnc(SCC(=O)c2ccc(C)cc2)s1. The predicted octanol–water partition coefficient (Wildman–Crippen LogP) is 4.34. The van der Waals surface area contributed by atoms with Crippen molar-refractivity contribution < 1.29 is 9.59 Å². The third-order valence-electron chi connectivity index (χ3n) is 3.36. The molecule has 24 heavy (non-hydrogen) atoms. The van der Waals surface area contributed by atoms with E-state index in [1.54, 1.807) is 0 Å². The second-order valence-electron chi connectivity index (χ2n) is 5.46. The number of hydrogen-bond donors (Lipinski definition) is 1. The Morgan fingerprint density at radius 3 is 2.62 bits per heavy atom. The molecule has 0 spiro atoms. The average Bonchev–Trinajstić information content (AvgIpc) is 3.01. The van der Waals surface area contributed by atoms with Gasteiger partial charge in [0.2, 0.25) is 11.0 Å². The number of thioether (sulfide) groups is 1. The maximum Gasteiger partial charge on any atom is 0.226 e. The summed E-state index contributed by atoms with van der Waals surface area (Å²) < 4.78 is 0.680. The van der Waals surface area contributed by atoms with Crippen LogP contribution in [0.4, 0.5) is 5.13 Å². The number of rotatable bonds is 9. The van der Waals surface area contributed by atoms with Gasteiger partial charge in [-0.25, -0.2) is 0 Å². The molecule has 1 aromatic carbocycles. The van der Waals surface area contributed by atoms with Crippen LogP contribution in [0.2, 0.25) is 0 Å². The Bertz CT molecular complexity index is 683. The number of nitrogens with one attached hydrogen (secondary N) is 1. The minimum atomic E-state index is -0.0353. The number of benzene rings is 1. The van der Waals surface area contributed by atoms with Crippen LogP contribution in [-0.4, -0.2) is 27.6 Å². The largest absolute Gasteiger partial charge is 0.301 e. The fourth-order valence-electron chi connectivity index (χ4n) is 1.99. The monoisotopic (exact) mass is 363 g/mol. The Morgan fingerprint density at radius 1 is 1.17 bits per heavy atom. The summed E-state index contributed by atoms with van der Waals surface area (Å²) in [6.07, 6.45) is 3.52. The highest BCUT2D eigenvalue weighted by Gasteiger charge is 2.11. The number of aromatic nitrogens is 2. The van der Waals surface area contributed by atoms with E-state index < -0.39 is 0 Å². The van der Waals surface area contributed by atoms with Crippen molar-refractivity contribution in [2.24, 2.45) is 0 Å². The molecule has 0 unspecified atom stereocenters. The lowest BCUT2D eigenvalue weighted by Gasteiger charge is -2.00. The number of amides is 1. The number of anilines is 1. The van der Waals surface area contributed by atoms with Gasteiger partial charge in [0, 0.05) is 12.0 Å². The molecule has 1 heterocycles. The van der Waals surface area contributed by atoms with Crippen molar-refractivity contribution in [3.8, 4) is 0 Å². The third-order valence-corrected chi connectivity index (χ3v) is 5.33. The minimum Gasteiger partial charge on any atom is -0.301 e. The summed E-state index contributed by atoms with van der Waals surface area (Å²) in [6.45, 7) is 4.09. The van der Waals surface area contributed by atoms with Gasteiger partial charge in [-0.3, -0.25) is 9.59 Å². The summed E-state index contributed by atoms with van der Waals surface area (Å²) in [5.41, 5.74) is 1.82. The van der Waals surface area contributed by atoms with E-state index in [1.165, 1.54) is 23.1 Å². The lowest BCUT2D eigenvalue weighted by atomic mass is 10.1. The summed E-state index contributed by atoms with van der Waals surface area (Å²) in [4.78, 5) is 23.9. The molecule has 0 aliphatic heterocycles. The molecule has 2 aromatic rings. The first-order chi connectivity index (χ1) is 11.6. The molecule has 7 heteroatoms. The van der Waals surface area contributed by atoms with Gasteiger partial charge in [-0.05, 0) is 13.3 Å². The highest BCUT2D eigenvalue weighted by molar-refractivity contribution is 8.01. The molecule has 0 aliphatic rings. The topological polar surface area (TPSA) is 72.0 Å². The van der Waals surface area contributed by atoms with E-state index >= 15 is 0 Å². The Balaban J connectivity index is 1.80. The fraction of sp³-hybridized carbons (Fsp3) is 0.412. The molecule has 1 N–H and O–H groups in total. The molecule has 0 radical (unpaired) electrons. The Morgan fingerprint density at radius 2 is 1.92 bits per heavy atom. The zero-order chi connectivity index (χ0) is 17.4. The summed E-state index contributed by atoms with van der Waals surface area (Å²) in [5, 5.41) is 11.2. The van der Waals surface area contributed by atoms with Gasteiger partial charge in [0.25, 0.3) is 0 Å². The standard InChI is InChI=1S/C17H21N3O2S2/c1-3-4-5-6-15(22)18-16-19-20-17(24-16)23-11-14(21)13-9-7-12(2)8-10-13/h7-10H,3-6,11H2,1-2H3,(H,18,19,22). The molecular formula is C17H21N3O2S2. The van der Waals surface area contributed by atoms with Crippen LogP contribution in [0.3, 0.4) is 0 Å². The van der Waals surface area contributed by atoms with Crippen molar-refractivity contribution in [2.75, 3.05) is 11.1 Å². The molecule has 0 saturated carbocycles. The Hall–Kier alpha value is -1.73. The van der Waals surface area contributed by atoms with E-state index in [-0.39, 0.29) is 11.7 Å². The Kier molecular flexibility index (Phi) is 7.39. The van der Waals surface area contributed by atoms with Gasteiger partial charge in [0.1, 0.15) is 0 Å². The number of hydrogen-bond acceptors (Lipinski definition) is 6. The molecule has 1 aromatic heterocycles. The smallest absolute Gasteiger partial charge is 0.226 e. The van der Waals surface area contributed by atoms with Gasteiger partial charge in [0.15, 0.2) is 10.1 Å². The first kappa shape index (κ1) is 18.6. The second-order valence-corrected chi connectivity index (χ2v) is 7.66. The van der Waals surface area contributed by atoms with Crippen LogP contribution < -0.4 is 5.32 Å². The van der Waals surface area contributed by atoms with Gasteiger partial charge >= 0.3 is 0 Å². The zero-order valence-electron chi connectivity index (χ0n) is 13.9. The average molecular weight is 364 g/mol. The highest BCUT2D eigenvalue weighted by atomic mass is 32.2. The van der Waals surface area contributed by atoms with Crippen LogP contribution in [0, 0.1) is 6.92 Å². The zero-order valence-corrected chi connectivity index (χ0v) is 15.5. The van der Waals surface area contributed by atoms with Gasteiger partial charge in [-0.15, -0.1) is 10.2 Å². The van der Waals surface area contributed by atoms with E-state index in [9.17, 15) is 9.59 Å². The first-order valence-corrected chi connectivity index (χ1v) is 9.74. The van der Waals surface area contributed by atoms with Crippen molar-refractivity contribution in [1.29, 1.82) is 0 Å². The van der Waals surface area contributed by atoms with Gasteiger partial charge in [-0.1, -0.05) is 72.7 Å². The second kappa shape index (κ2) is 9.54. The highest BCUT2D eigenvalue weighted by Crippen LogP contribution is 2.26. The molecule has 0 aliphatic carbocycles. The lowest BCUT2D eigenvalue weighted by Crippen LogP contribution is -2.10. The van der Waals surface area contributed by atoms with Crippen LogP contribution in [0.25, 0.3) is 0 Å². The summed E-state index contributed by atoms with van der Waals surface area (Å²) in [7, 11) is 0. The van der Waals surface area contributed by atoms with Crippen LogP contribution in [-0.2, 0) is 4.79 Å². The molecule has 5 nitrogen and oxygen atoms in total. The molecule has 0 atom stereocenters. The summed E-state index contributed by atoms with van der Waals surface area (Å²) >= 11 is 2.64. The van der Waals surface area contributed by atoms with Gasteiger partial charge < -0.3 is 5.32 Å². The lowest BCUT2D eigenvalue weighted by molar-refractivity contribution is -0.116. The summed E-state index contributed by atoms with van der Waals surface area (Å²) in [5.74, 6) is 0.328. The molecule has 0 fully saturated rings. The minimum absolute atomic E-state index is 0.0353. The summed E-state index contributed by atoms with van der Waals surface area (Å²) in [6, 6.07) is 7.52. The maximum atomic E-state index is 12.1. The number of carbonyl (C=O) groups is 2. The number of unbranched alkanes of at least 4 members (excludes halogenated alkanes) is 2. The van der Waals surface area contributed by atoms with Gasteiger partial charge in [-0.2, -0.15) is 0 Å². The van der Waals surface area contributed by atoms with Crippen molar-refractivity contribution in [3.05, 3.63) is 35.4 Å². The van der Waals surface area contributed by atoms with Crippen LogP contribution in [0.15, 0.2) is 28.6 Å². The number of Topliss-reactive ketones (excluding diaryl/α,β-unsaturated/α-hetero) is 1. The molecule has 2 rings (SSSR count). The first-order valence-electron chi connectivity index (χ1n) is 7.94. The maximum absolute atomic E-state index is 12.1. The van der Waals surface area contributed by atoms with Crippen molar-refractivity contribution in [3.63, 3.8) is 0 Å². The van der Waals surface area contributed by atoms with Crippen LogP contribution in [0.5, 0.6) is 0 Å². The van der Waals surface area contributed by atoms with Crippen LogP contribution >= 0.6 is 23.1 Å². The van der Waals surface area contributed by atoms with E-state index in [0.29, 0.717) is 27.2 Å². The van der Waals surface area contributed by atoms with E-state index in [1.807, 2.05) is 31.2 Å². The number of aryl methyl sites for hydroxylation is 1. The van der Waals surface area contributed by atoms with E-state index in [2.05, 4.69) is 22.4 Å². The number of carbonyl (C=O) groups excluding carboxylic acids is 2. The van der Waals surface area contributed by atoms with E-state index in [0.717, 1.165) is 24.8 Å². The van der Waals surface area contributed by atoms with Crippen LogP contribution in [0.1, 0.15) is 48.5 Å². The van der Waals surface area contributed by atoms with Crippen molar-refractivity contribution >= 4 is 39.9 Å². The van der Waals surface area contributed by atoms with Crippen molar-refractivity contribution in [2.45, 2.75) is 43.9 Å². The molecule has 1 amide bonds. The normalized spacial score (nSPS) is 10.6. The molecular weight excluding hydrogens is 342 g/mol. The molecule has 0 bridgehead atoms. The van der Waals surface area contributed by atoms with E-state index in [4.69, 9.17) is 0 Å². The number of nitrogens with zero attached hydrogens (tertiary/aromatic N) is 2. The Labute approximate surface area is 150 Å². The van der Waals surface area contributed by atoms with Gasteiger partial charge in [0.05, 0.1) is 5.75 Å². The fourth-order valence-corrected chi connectivity index (χ4v) is 3.65.